The summed E-state index contributed by atoms with van der Waals surface area (Å²) in [7, 11) is 1.62. The molecule has 0 fully saturated rings. The SMILES string of the molecule is CCNC(=O)C(CC)N(Cc1cccc(OC)c1)C(=O)CCc1ccccc1. The number of hydrogen-bond donors (Lipinski definition) is 1. The number of amides is 2. The number of ether oxygens (including phenoxy) is 1. The van der Waals surface area contributed by atoms with Crippen molar-refractivity contribution in [2.24, 2.45) is 0 Å². The van der Waals surface area contributed by atoms with Crippen LogP contribution >= 0.6 is 0 Å². The van der Waals surface area contributed by atoms with E-state index in [1.165, 1.54) is 0 Å². The summed E-state index contributed by atoms with van der Waals surface area (Å²) in [6, 6.07) is 17.1. The van der Waals surface area contributed by atoms with Crippen LogP contribution < -0.4 is 10.1 Å². The van der Waals surface area contributed by atoms with E-state index in [0.29, 0.717) is 32.4 Å². The Hall–Kier alpha value is -2.82. The Labute approximate surface area is 167 Å². The van der Waals surface area contributed by atoms with Gasteiger partial charge in [0.25, 0.3) is 0 Å². The van der Waals surface area contributed by atoms with Crippen molar-refractivity contribution in [1.29, 1.82) is 0 Å². The lowest BCUT2D eigenvalue weighted by molar-refractivity contribution is -0.141. The van der Waals surface area contributed by atoms with Crippen LogP contribution in [0, 0.1) is 0 Å². The molecule has 2 aromatic carbocycles. The molecular weight excluding hydrogens is 352 g/mol. The van der Waals surface area contributed by atoms with E-state index in [2.05, 4.69) is 5.32 Å². The molecule has 0 aliphatic rings. The van der Waals surface area contributed by atoms with E-state index in [1.807, 2.05) is 68.4 Å². The van der Waals surface area contributed by atoms with Gasteiger partial charge in [0, 0.05) is 19.5 Å². The van der Waals surface area contributed by atoms with Crippen LogP contribution in [0.25, 0.3) is 0 Å². The second-order valence-corrected chi connectivity index (χ2v) is 6.68. The number of nitrogens with one attached hydrogen (secondary N) is 1. The predicted molar refractivity (Wildman–Crippen MR) is 111 cm³/mol. The summed E-state index contributed by atoms with van der Waals surface area (Å²) in [5.41, 5.74) is 2.05. The van der Waals surface area contributed by atoms with E-state index in [1.54, 1.807) is 12.0 Å². The predicted octanol–water partition coefficient (Wildman–Crippen LogP) is 3.57. The third kappa shape index (κ3) is 6.12. The van der Waals surface area contributed by atoms with E-state index < -0.39 is 6.04 Å². The summed E-state index contributed by atoms with van der Waals surface area (Å²) >= 11 is 0. The van der Waals surface area contributed by atoms with Gasteiger partial charge in [-0.3, -0.25) is 9.59 Å². The third-order valence-electron chi connectivity index (χ3n) is 4.69. The van der Waals surface area contributed by atoms with Gasteiger partial charge >= 0.3 is 0 Å². The number of methoxy groups -OCH3 is 1. The van der Waals surface area contributed by atoms with E-state index in [4.69, 9.17) is 4.74 Å². The molecule has 2 amide bonds. The van der Waals surface area contributed by atoms with E-state index in [-0.39, 0.29) is 11.8 Å². The number of benzene rings is 2. The maximum absolute atomic E-state index is 13.1. The number of carbonyl (C=O) groups is 2. The minimum absolute atomic E-state index is 0.0234. The Morgan fingerprint density at radius 3 is 2.39 bits per heavy atom. The Kier molecular flexibility index (Phi) is 8.53. The van der Waals surface area contributed by atoms with Crippen LogP contribution in [-0.4, -0.2) is 36.4 Å². The van der Waals surface area contributed by atoms with E-state index >= 15 is 0 Å². The van der Waals surface area contributed by atoms with Gasteiger partial charge in [-0.25, -0.2) is 0 Å². The number of carbonyl (C=O) groups excluding carboxylic acids is 2. The van der Waals surface area contributed by atoms with Crippen molar-refractivity contribution in [3.63, 3.8) is 0 Å². The van der Waals surface area contributed by atoms with Gasteiger partial charge in [-0.05, 0) is 43.0 Å². The second kappa shape index (κ2) is 11.1. The molecule has 1 unspecified atom stereocenters. The molecule has 150 valence electrons. The molecule has 0 aliphatic carbocycles. The molecule has 1 N–H and O–H groups in total. The minimum atomic E-state index is -0.491. The Morgan fingerprint density at radius 2 is 1.75 bits per heavy atom. The summed E-state index contributed by atoms with van der Waals surface area (Å²) in [5.74, 6) is 0.603. The van der Waals surface area contributed by atoms with Crippen LogP contribution in [0.4, 0.5) is 0 Å². The topological polar surface area (TPSA) is 58.6 Å². The van der Waals surface area contributed by atoms with Crippen LogP contribution in [0.5, 0.6) is 5.75 Å². The summed E-state index contributed by atoms with van der Waals surface area (Å²) in [6.45, 7) is 4.73. The Balaban J connectivity index is 2.20. The molecule has 0 spiro atoms. The lowest BCUT2D eigenvalue weighted by Crippen LogP contribution is -2.49. The van der Waals surface area contributed by atoms with Crippen molar-refractivity contribution in [2.45, 2.75) is 45.7 Å². The molecule has 5 nitrogen and oxygen atoms in total. The maximum atomic E-state index is 13.1. The summed E-state index contributed by atoms with van der Waals surface area (Å²) in [4.78, 5) is 27.4. The zero-order valence-electron chi connectivity index (χ0n) is 17.0. The number of aryl methyl sites for hydroxylation is 1. The van der Waals surface area contributed by atoms with Gasteiger partial charge < -0.3 is 15.0 Å². The largest absolute Gasteiger partial charge is 0.497 e. The van der Waals surface area contributed by atoms with Crippen LogP contribution in [0.3, 0.4) is 0 Å². The first kappa shape index (κ1) is 21.5. The summed E-state index contributed by atoms with van der Waals surface area (Å²) in [6.07, 6.45) is 1.58. The zero-order valence-corrected chi connectivity index (χ0v) is 17.0. The highest BCUT2D eigenvalue weighted by Crippen LogP contribution is 2.18. The van der Waals surface area contributed by atoms with Crippen molar-refractivity contribution >= 4 is 11.8 Å². The lowest BCUT2D eigenvalue weighted by atomic mass is 10.1. The maximum Gasteiger partial charge on any atom is 0.242 e. The van der Waals surface area contributed by atoms with Crippen LogP contribution in [-0.2, 0) is 22.6 Å². The Morgan fingerprint density at radius 1 is 1.04 bits per heavy atom. The van der Waals surface area contributed by atoms with Crippen molar-refractivity contribution in [3.8, 4) is 5.75 Å². The molecule has 2 rings (SSSR count). The van der Waals surface area contributed by atoms with Crippen molar-refractivity contribution in [3.05, 3.63) is 65.7 Å². The first-order valence-electron chi connectivity index (χ1n) is 9.83. The number of likely N-dealkylation sites (N-methyl/N-ethyl adjacent to an activating group) is 1. The molecule has 5 heteroatoms. The Bertz CT molecular complexity index is 761. The highest BCUT2D eigenvalue weighted by Gasteiger charge is 2.28. The van der Waals surface area contributed by atoms with Crippen LogP contribution in [0.1, 0.15) is 37.8 Å². The molecule has 0 heterocycles. The molecule has 0 saturated heterocycles. The average Bonchev–Trinajstić information content (AvgIpc) is 2.73. The first-order valence-corrected chi connectivity index (χ1v) is 9.83. The number of hydrogen-bond acceptors (Lipinski definition) is 3. The van der Waals surface area contributed by atoms with Crippen molar-refractivity contribution in [2.75, 3.05) is 13.7 Å². The third-order valence-corrected chi connectivity index (χ3v) is 4.69. The monoisotopic (exact) mass is 382 g/mol. The van der Waals surface area contributed by atoms with E-state index in [0.717, 1.165) is 16.9 Å². The summed E-state index contributed by atoms with van der Waals surface area (Å²) < 4.78 is 5.29. The quantitative estimate of drug-likeness (QED) is 0.683. The van der Waals surface area contributed by atoms with Gasteiger partial charge in [0.05, 0.1) is 7.11 Å². The molecule has 0 saturated carbocycles. The average molecular weight is 383 g/mol. The van der Waals surface area contributed by atoms with Gasteiger partial charge in [0.15, 0.2) is 0 Å². The molecule has 2 aromatic rings. The fourth-order valence-electron chi connectivity index (χ4n) is 3.22. The molecular formula is C23H30N2O3. The second-order valence-electron chi connectivity index (χ2n) is 6.68. The minimum Gasteiger partial charge on any atom is -0.497 e. The molecule has 28 heavy (non-hydrogen) atoms. The number of rotatable bonds is 10. The smallest absolute Gasteiger partial charge is 0.242 e. The number of nitrogens with zero attached hydrogens (tertiary/aromatic N) is 1. The fourth-order valence-corrected chi connectivity index (χ4v) is 3.22. The summed E-state index contributed by atoms with van der Waals surface area (Å²) in [5, 5.41) is 2.86. The van der Waals surface area contributed by atoms with Crippen molar-refractivity contribution in [1.82, 2.24) is 10.2 Å². The lowest BCUT2D eigenvalue weighted by Gasteiger charge is -2.30. The molecule has 0 aromatic heterocycles. The van der Waals surface area contributed by atoms with Gasteiger partial charge in [0.2, 0.25) is 11.8 Å². The normalized spacial score (nSPS) is 11.5. The van der Waals surface area contributed by atoms with Gasteiger partial charge in [-0.2, -0.15) is 0 Å². The highest BCUT2D eigenvalue weighted by molar-refractivity contribution is 5.87. The fraction of sp³-hybridized carbons (Fsp3) is 0.391. The first-order chi connectivity index (χ1) is 13.6. The highest BCUT2D eigenvalue weighted by atomic mass is 16.5. The molecule has 0 aliphatic heterocycles. The zero-order chi connectivity index (χ0) is 20.4. The van der Waals surface area contributed by atoms with Gasteiger partial charge in [-0.15, -0.1) is 0 Å². The standard InChI is InChI=1S/C23H30N2O3/c1-4-21(23(27)24-5-2)25(17-19-12-9-13-20(16-19)28-3)22(26)15-14-18-10-7-6-8-11-18/h6-13,16,21H,4-5,14-15,17H2,1-3H3,(H,24,27). The van der Waals surface area contributed by atoms with Crippen molar-refractivity contribution < 1.29 is 14.3 Å². The van der Waals surface area contributed by atoms with Crippen LogP contribution in [0.15, 0.2) is 54.6 Å². The van der Waals surface area contributed by atoms with Crippen LogP contribution in [0.2, 0.25) is 0 Å². The van der Waals surface area contributed by atoms with E-state index in [9.17, 15) is 9.59 Å². The van der Waals surface area contributed by atoms with Gasteiger partial charge in [-0.1, -0.05) is 49.4 Å². The molecule has 0 bridgehead atoms. The molecule has 0 radical (unpaired) electrons. The molecule has 1 atom stereocenters. The van der Waals surface area contributed by atoms with Gasteiger partial charge in [0.1, 0.15) is 11.8 Å².